The molecule has 0 heterocycles. The summed E-state index contributed by atoms with van der Waals surface area (Å²) in [5.74, 6) is -4.75. The number of carbonyl (C=O) groups is 4. The predicted molar refractivity (Wildman–Crippen MR) is 116 cm³/mol. The smallest absolute Gasteiger partial charge is 0.303 e. The topological polar surface area (TPSA) is 127 Å². The van der Waals surface area contributed by atoms with Gasteiger partial charge in [0.25, 0.3) is 0 Å². The maximum atomic E-state index is 17.2. The first-order chi connectivity index (χ1) is 16.1. The number of hydrogen-bond acceptors (Lipinski definition) is 8. The second kappa shape index (κ2) is 8.16. The molecular formula is C25H32F2O8. The Balaban J connectivity index is 1.82. The van der Waals surface area contributed by atoms with Crippen molar-refractivity contribution in [2.75, 3.05) is 6.61 Å². The van der Waals surface area contributed by atoms with Crippen molar-refractivity contribution in [2.45, 2.75) is 89.4 Å². The van der Waals surface area contributed by atoms with Gasteiger partial charge in [-0.05, 0) is 43.3 Å². The second-order valence-corrected chi connectivity index (χ2v) is 11.0. The monoisotopic (exact) mass is 498 g/mol. The van der Waals surface area contributed by atoms with Crippen molar-refractivity contribution in [1.82, 2.24) is 0 Å². The molecule has 10 heteroatoms. The van der Waals surface area contributed by atoms with Gasteiger partial charge in [-0.15, -0.1) is 0 Å². The summed E-state index contributed by atoms with van der Waals surface area (Å²) in [7, 11) is 0. The van der Waals surface area contributed by atoms with Crippen LogP contribution in [0.4, 0.5) is 8.78 Å². The number of fused-ring (bicyclic) bond motifs is 5. The van der Waals surface area contributed by atoms with Gasteiger partial charge in [0.2, 0.25) is 5.78 Å². The summed E-state index contributed by atoms with van der Waals surface area (Å²) in [5.41, 5.74) is -7.66. The highest BCUT2D eigenvalue weighted by molar-refractivity contribution is 5.93. The molecule has 3 fully saturated rings. The molecule has 35 heavy (non-hydrogen) atoms. The minimum atomic E-state index is -2.40. The Bertz CT molecular complexity index is 1010. The third-order valence-electron chi connectivity index (χ3n) is 9.36. The largest absolute Gasteiger partial charge is 0.459 e. The molecule has 194 valence electrons. The molecule has 0 saturated heterocycles. The minimum absolute atomic E-state index is 0.0145. The van der Waals surface area contributed by atoms with Crippen LogP contribution in [-0.4, -0.2) is 70.0 Å². The van der Waals surface area contributed by atoms with Gasteiger partial charge < -0.3 is 19.7 Å². The Morgan fingerprint density at radius 2 is 1.80 bits per heavy atom. The van der Waals surface area contributed by atoms with Crippen LogP contribution in [0.25, 0.3) is 0 Å². The number of allylic oxidation sites excluding steroid dienone is 1. The molecule has 4 aliphatic carbocycles. The molecule has 8 nitrogen and oxygen atoms in total. The molecule has 0 unspecified atom stereocenters. The molecule has 0 bridgehead atoms. The highest BCUT2D eigenvalue weighted by atomic mass is 19.1. The molecule has 0 spiro atoms. The lowest BCUT2D eigenvalue weighted by Crippen LogP contribution is -2.71. The van der Waals surface area contributed by atoms with Gasteiger partial charge in [-0.2, -0.15) is 0 Å². The van der Waals surface area contributed by atoms with E-state index in [0.717, 1.165) is 19.9 Å². The number of Topliss-reactive ketones (excluding diaryl/α,β-unsaturated/α-hetero) is 1. The van der Waals surface area contributed by atoms with Crippen LogP contribution in [-0.2, 0) is 28.7 Å². The van der Waals surface area contributed by atoms with Crippen LogP contribution in [0.5, 0.6) is 0 Å². The van der Waals surface area contributed by atoms with Gasteiger partial charge in [0, 0.05) is 37.0 Å². The van der Waals surface area contributed by atoms with Crippen molar-refractivity contribution in [3.05, 3.63) is 11.6 Å². The summed E-state index contributed by atoms with van der Waals surface area (Å²) in [6.07, 6.45) is -4.43. The zero-order valence-electron chi connectivity index (χ0n) is 20.3. The summed E-state index contributed by atoms with van der Waals surface area (Å²) in [6.45, 7) is 4.41. The molecule has 0 radical (unpaired) electrons. The molecule has 0 aromatic carbocycles. The molecule has 0 aliphatic heterocycles. The number of rotatable bonds is 4. The highest BCUT2D eigenvalue weighted by Gasteiger charge is 2.78. The van der Waals surface area contributed by atoms with Crippen LogP contribution >= 0.6 is 0 Å². The van der Waals surface area contributed by atoms with Crippen molar-refractivity contribution in [2.24, 2.45) is 22.7 Å². The van der Waals surface area contributed by atoms with Gasteiger partial charge in [-0.3, -0.25) is 19.2 Å². The fraction of sp³-hybridized carbons (Fsp3) is 0.760. The Hall–Kier alpha value is -2.20. The standard InChI is InChI=1S/C25H32F2O8/c1-12(28)34-11-20(32)25(33)21(35-13(2)29)9-15-16-8-18(26)17-7-14(30)5-6-22(17,3)24(16,27)19(31)10-23(15,25)4/h7,15-16,18-19,21,31,33H,5-6,8-11H2,1-4H3/t15-,16-,18-,19-,21+,22-,23-,24-,25+/m0/s1. The first-order valence-corrected chi connectivity index (χ1v) is 11.9. The number of hydrogen-bond donors (Lipinski definition) is 2. The fourth-order valence-electron chi connectivity index (χ4n) is 7.66. The molecule has 3 saturated carbocycles. The molecule has 0 amide bonds. The third-order valence-corrected chi connectivity index (χ3v) is 9.36. The molecule has 0 aromatic heterocycles. The Labute approximate surface area is 202 Å². The van der Waals surface area contributed by atoms with E-state index in [2.05, 4.69) is 0 Å². The first-order valence-electron chi connectivity index (χ1n) is 11.9. The van der Waals surface area contributed by atoms with Crippen LogP contribution in [0.1, 0.15) is 59.8 Å². The number of ketones is 2. The highest BCUT2D eigenvalue weighted by Crippen LogP contribution is 2.70. The summed E-state index contributed by atoms with van der Waals surface area (Å²) < 4.78 is 42.9. The Morgan fingerprint density at radius 1 is 1.14 bits per heavy atom. The number of halogens is 2. The van der Waals surface area contributed by atoms with E-state index in [1.807, 2.05) is 0 Å². The minimum Gasteiger partial charge on any atom is -0.459 e. The van der Waals surface area contributed by atoms with Gasteiger partial charge >= 0.3 is 11.9 Å². The van der Waals surface area contributed by atoms with E-state index >= 15 is 8.78 Å². The molecule has 0 aromatic rings. The average molecular weight is 499 g/mol. The summed E-state index contributed by atoms with van der Waals surface area (Å²) in [4.78, 5) is 48.4. The van der Waals surface area contributed by atoms with E-state index in [1.54, 1.807) is 0 Å². The van der Waals surface area contributed by atoms with Gasteiger partial charge in [0.15, 0.2) is 18.0 Å². The second-order valence-electron chi connectivity index (χ2n) is 11.0. The first kappa shape index (κ1) is 25.9. The molecule has 4 rings (SSSR count). The van der Waals surface area contributed by atoms with Crippen LogP contribution in [0.15, 0.2) is 11.6 Å². The van der Waals surface area contributed by atoms with Gasteiger partial charge in [0.1, 0.15) is 17.9 Å². The van der Waals surface area contributed by atoms with Crippen LogP contribution in [0, 0.1) is 22.7 Å². The van der Waals surface area contributed by atoms with Crippen LogP contribution < -0.4 is 0 Å². The lowest BCUT2D eigenvalue weighted by Gasteiger charge is -2.63. The summed E-state index contributed by atoms with van der Waals surface area (Å²) >= 11 is 0. The zero-order valence-corrected chi connectivity index (χ0v) is 20.3. The molecular weight excluding hydrogens is 466 g/mol. The van der Waals surface area contributed by atoms with E-state index in [1.165, 1.54) is 13.8 Å². The fourth-order valence-corrected chi connectivity index (χ4v) is 7.66. The van der Waals surface area contributed by atoms with Gasteiger partial charge in [-0.25, -0.2) is 8.78 Å². The Kier molecular flexibility index (Phi) is 6.03. The zero-order chi connectivity index (χ0) is 26.1. The lowest BCUT2D eigenvalue weighted by molar-refractivity contribution is -0.236. The maximum Gasteiger partial charge on any atom is 0.303 e. The molecule has 9 atom stereocenters. The maximum absolute atomic E-state index is 17.2. The van der Waals surface area contributed by atoms with Gasteiger partial charge in [0.05, 0.1) is 6.10 Å². The number of carbonyl (C=O) groups excluding carboxylic acids is 4. The van der Waals surface area contributed by atoms with E-state index < -0.39 is 76.6 Å². The quantitative estimate of drug-likeness (QED) is 0.563. The number of esters is 2. The Morgan fingerprint density at radius 3 is 2.40 bits per heavy atom. The van der Waals surface area contributed by atoms with Crippen molar-refractivity contribution in [3.8, 4) is 0 Å². The van der Waals surface area contributed by atoms with Crippen LogP contribution in [0.3, 0.4) is 0 Å². The van der Waals surface area contributed by atoms with Crippen molar-refractivity contribution >= 4 is 23.5 Å². The molecule has 2 N–H and O–H groups in total. The molecule has 4 aliphatic rings. The van der Waals surface area contributed by atoms with E-state index in [-0.39, 0.29) is 43.5 Å². The van der Waals surface area contributed by atoms with E-state index in [9.17, 15) is 29.4 Å². The SMILES string of the molecule is CC(=O)OCC(=O)[C@@]1(O)[C@H](OC(C)=O)C[C@H]2[C@@H]3C[C@H](F)C4=CC(=O)CC[C@]4(C)[C@@]3(F)[C@@H](O)C[C@@]21C. The van der Waals surface area contributed by atoms with Gasteiger partial charge in [-0.1, -0.05) is 13.8 Å². The lowest BCUT2D eigenvalue weighted by atomic mass is 9.43. The number of alkyl halides is 2. The normalized spacial score (nSPS) is 46.6. The van der Waals surface area contributed by atoms with E-state index in [4.69, 9.17) is 9.47 Å². The third kappa shape index (κ3) is 3.35. The van der Waals surface area contributed by atoms with E-state index in [0.29, 0.717) is 0 Å². The van der Waals surface area contributed by atoms with Crippen molar-refractivity contribution < 1.29 is 47.6 Å². The number of aliphatic hydroxyl groups is 2. The average Bonchev–Trinajstić information content (AvgIpc) is 2.97. The summed E-state index contributed by atoms with van der Waals surface area (Å²) in [6, 6.07) is 0. The summed E-state index contributed by atoms with van der Waals surface area (Å²) in [5, 5.41) is 23.1. The van der Waals surface area contributed by atoms with Crippen molar-refractivity contribution in [3.63, 3.8) is 0 Å². The van der Waals surface area contributed by atoms with Crippen LogP contribution in [0.2, 0.25) is 0 Å². The predicted octanol–water partition coefficient (Wildman–Crippen LogP) is 1.93. The van der Waals surface area contributed by atoms with Crippen molar-refractivity contribution in [1.29, 1.82) is 0 Å². The number of aliphatic hydroxyl groups excluding tert-OH is 1. The number of ether oxygens (including phenoxy) is 2.